The normalized spacial score (nSPS) is 10.2. The zero-order valence-corrected chi connectivity index (χ0v) is 11.5. The maximum absolute atomic E-state index is 10.7. The van der Waals surface area contributed by atoms with Crippen LogP contribution in [0, 0.1) is 17.0 Å². The number of rotatable bonds is 4. The molecule has 0 amide bonds. The number of benzene rings is 1. The van der Waals surface area contributed by atoms with Gasteiger partial charge in [-0.05, 0) is 19.1 Å². The Kier molecular flexibility index (Phi) is 3.99. The van der Waals surface area contributed by atoms with Gasteiger partial charge in [0.1, 0.15) is 10.8 Å². The molecule has 1 aromatic carbocycles. The molecule has 1 heterocycles. The summed E-state index contributed by atoms with van der Waals surface area (Å²) in [5.74, 6) is 0.957. The lowest BCUT2D eigenvalue weighted by atomic mass is 10.2. The fourth-order valence-corrected chi connectivity index (χ4v) is 1.68. The first kappa shape index (κ1) is 14.0. The summed E-state index contributed by atoms with van der Waals surface area (Å²) >= 11 is 5.94. The minimum atomic E-state index is -0.449. The molecule has 0 bridgehead atoms. The zero-order chi connectivity index (χ0) is 14.7. The maximum Gasteiger partial charge on any atom is 0.272 e. The lowest BCUT2D eigenvalue weighted by molar-refractivity contribution is -0.385. The second-order valence-corrected chi connectivity index (χ2v) is 4.31. The molecule has 0 aliphatic heterocycles. The van der Waals surface area contributed by atoms with Crippen molar-refractivity contribution in [3.05, 3.63) is 45.1 Å². The first-order valence-corrected chi connectivity index (χ1v) is 6.02. The number of hydrogen-bond acceptors (Lipinski definition) is 6. The highest BCUT2D eigenvalue weighted by Gasteiger charge is 2.13. The second-order valence-electron chi connectivity index (χ2n) is 3.90. The van der Waals surface area contributed by atoms with Crippen LogP contribution >= 0.6 is 11.6 Å². The van der Waals surface area contributed by atoms with Gasteiger partial charge >= 0.3 is 0 Å². The van der Waals surface area contributed by atoms with Crippen LogP contribution < -0.4 is 10.1 Å². The Morgan fingerprint density at radius 3 is 2.80 bits per heavy atom. The van der Waals surface area contributed by atoms with Crippen molar-refractivity contribution < 1.29 is 9.66 Å². The molecule has 2 rings (SSSR count). The van der Waals surface area contributed by atoms with Crippen molar-refractivity contribution in [3.63, 3.8) is 0 Å². The SMILES string of the molecule is CNc1ncc(Cl)c(Oc2ccc([N+](=O)[O-])c(C)c2)n1. The van der Waals surface area contributed by atoms with Gasteiger partial charge in [0, 0.05) is 18.7 Å². The molecule has 0 fully saturated rings. The first-order valence-electron chi connectivity index (χ1n) is 5.64. The number of nitrogens with zero attached hydrogens (tertiary/aromatic N) is 3. The Bertz CT molecular complexity index is 663. The zero-order valence-electron chi connectivity index (χ0n) is 10.8. The number of nitro benzene ring substituents is 1. The average Bonchev–Trinajstić information content (AvgIpc) is 2.41. The van der Waals surface area contributed by atoms with E-state index in [1.54, 1.807) is 20.0 Å². The largest absolute Gasteiger partial charge is 0.437 e. The molecule has 2 aromatic rings. The van der Waals surface area contributed by atoms with Gasteiger partial charge < -0.3 is 10.1 Å². The Labute approximate surface area is 119 Å². The molecular weight excluding hydrogens is 284 g/mol. The summed E-state index contributed by atoms with van der Waals surface area (Å²) in [5, 5.41) is 13.8. The first-order chi connectivity index (χ1) is 9.51. The smallest absolute Gasteiger partial charge is 0.272 e. The molecule has 0 unspecified atom stereocenters. The second kappa shape index (κ2) is 5.70. The van der Waals surface area contributed by atoms with Crippen LogP contribution in [0.15, 0.2) is 24.4 Å². The highest BCUT2D eigenvalue weighted by atomic mass is 35.5. The van der Waals surface area contributed by atoms with Gasteiger partial charge in [0.05, 0.1) is 11.1 Å². The highest BCUT2D eigenvalue weighted by Crippen LogP contribution is 2.30. The van der Waals surface area contributed by atoms with Crippen molar-refractivity contribution in [2.24, 2.45) is 0 Å². The van der Waals surface area contributed by atoms with E-state index in [9.17, 15) is 10.1 Å². The molecule has 1 aromatic heterocycles. The minimum Gasteiger partial charge on any atom is -0.437 e. The third-order valence-electron chi connectivity index (χ3n) is 2.52. The van der Waals surface area contributed by atoms with Crippen LogP contribution in [0.2, 0.25) is 5.02 Å². The number of nitrogens with one attached hydrogen (secondary N) is 1. The van der Waals surface area contributed by atoms with E-state index in [0.29, 0.717) is 17.3 Å². The third kappa shape index (κ3) is 2.94. The summed E-state index contributed by atoms with van der Waals surface area (Å²) in [5.41, 5.74) is 0.522. The number of ether oxygens (including phenoxy) is 1. The van der Waals surface area contributed by atoms with Crippen LogP contribution in [0.1, 0.15) is 5.56 Å². The molecule has 0 saturated carbocycles. The van der Waals surface area contributed by atoms with E-state index >= 15 is 0 Å². The number of halogens is 1. The van der Waals surface area contributed by atoms with Gasteiger partial charge in [-0.3, -0.25) is 10.1 Å². The monoisotopic (exact) mass is 294 g/mol. The van der Waals surface area contributed by atoms with Crippen LogP contribution in [0.25, 0.3) is 0 Å². The predicted molar refractivity (Wildman–Crippen MR) is 74.5 cm³/mol. The van der Waals surface area contributed by atoms with Crippen molar-refractivity contribution in [3.8, 4) is 11.6 Å². The van der Waals surface area contributed by atoms with Crippen LogP contribution in [-0.2, 0) is 0 Å². The van der Waals surface area contributed by atoms with E-state index in [1.165, 1.54) is 18.3 Å². The van der Waals surface area contributed by atoms with Crippen LogP contribution in [0.5, 0.6) is 11.6 Å². The van der Waals surface area contributed by atoms with Crippen LogP contribution in [0.3, 0.4) is 0 Å². The summed E-state index contributed by atoms with van der Waals surface area (Å²) in [4.78, 5) is 18.3. The summed E-state index contributed by atoms with van der Waals surface area (Å²) in [6.45, 7) is 1.63. The Morgan fingerprint density at radius 1 is 1.45 bits per heavy atom. The summed E-state index contributed by atoms with van der Waals surface area (Å²) in [7, 11) is 1.67. The minimum absolute atomic E-state index is 0.0297. The lowest BCUT2D eigenvalue weighted by Crippen LogP contribution is -1.99. The number of nitro groups is 1. The molecule has 0 saturated heterocycles. The van der Waals surface area contributed by atoms with Crippen molar-refractivity contribution in [2.45, 2.75) is 6.92 Å². The number of aryl methyl sites for hydroxylation is 1. The molecule has 0 radical (unpaired) electrons. The molecule has 0 aliphatic rings. The third-order valence-corrected chi connectivity index (χ3v) is 2.77. The average molecular weight is 295 g/mol. The van der Waals surface area contributed by atoms with Gasteiger partial charge in [-0.15, -0.1) is 0 Å². The van der Waals surface area contributed by atoms with Gasteiger partial charge in [-0.2, -0.15) is 4.98 Å². The standard InChI is InChI=1S/C12H11ClN4O3/c1-7-5-8(3-4-10(7)17(18)19)20-11-9(13)6-15-12(14-2)16-11/h3-6H,1-2H3,(H,14,15,16). The maximum atomic E-state index is 10.7. The number of hydrogen-bond donors (Lipinski definition) is 1. The number of anilines is 1. The van der Waals surface area contributed by atoms with Crippen molar-refractivity contribution >= 4 is 23.2 Å². The Hall–Kier alpha value is -2.41. The van der Waals surface area contributed by atoms with E-state index < -0.39 is 4.92 Å². The molecular formula is C12H11ClN4O3. The Morgan fingerprint density at radius 2 is 2.20 bits per heavy atom. The highest BCUT2D eigenvalue weighted by molar-refractivity contribution is 6.31. The van der Waals surface area contributed by atoms with Crippen molar-refractivity contribution in [1.82, 2.24) is 9.97 Å². The summed E-state index contributed by atoms with van der Waals surface area (Å²) in [6.07, 6.45) is 1.41. The summed E-state index contributed by atoms with van der Waals surface area (Å²) in [6, 6.07) is 4.41. The van der Waals surface area contributed by atoms with E-state index in [4.69, 9.17) is 16.3 Å². The fraction of sp³-hybridized carbons (Fsp3) is 0.167. The van der Waals surface area contributed by atoms with Gasteiger partial charge in [0.2, 0.25) is 11.8 Å². The predicted octanol–water partition coefficient (Wildman–Crippen LogP) is 3.18. The van der Waals surface area contributed by atoms with E-state index in [0.717, 1.165) is 0 Å². The van der Waals surface area contributed by atoms with Gasteiger partial charge in [-0.25, -0.2) is 4.98 Å². The molecule has 7 nitrogen and oxygen atoms in total. The van der Waals surface area contributed by atoms with Crippen LogP contribution in [-0.4, -0.2) is 21.9 Å². The lowest BCUT2D eigenvalue weighted by Gasteiger charge is -2.08. The van der Waals surface area contributed by atoms with Crippen molar-refractivity contribution in [1.29, 1.82) is 0 Å². The van der Waals surface area contributed by atoms with E-state index in [2.05, 4.69) is 15.3 Å². The van der Waals surface area contributed by atoms with Gasteiger partial charge in [-0.1, -0.05) is 11.6 Å². The van der Waals surface area contributed by atoms with Crippen LogP contribution in [0.4, 0.5) is 11.6 Å². The number of aromatic nitrogens is 2. The van der Waals surface area contributed by atoms with E-state index in [1.807, 2.05) is 0 Å². The molecule has 1 N–H and O–H groups in total. The van der Waals surface area contributed by atoms with Gasteiger partial charge in [0.25, 0.3) is 5.69 Å². The Balaban J connectivity index is 2.30. The summed E-state index contributed by atoms with van der Waals surface area (Å²) < 4.78 is 5.52. The molecule has 104 valence electrons. The van der Waals surface area contributed by atoms with E-state index in [-0.39, 0.29) is 16.6 Å². The molecule has 0 spiro atoms. The molecule has 8 heteroatoms. The quantitative estimate of drug-likeness (QED) is 0.688. The van der Waals surface area contributed by atoms with Crippen molar-refractivity contribution in [2.75, 3.05) is 12.4 Å². The molecule has 0 aliphatic carbocycles. The fourth-order valence-electron chi connectivity index (χ4n) is 1.55. The molecule has 20 heavy (non-hydrogen) atoms. The molecule has 0 atom stereocenters. The van der Waals surface area contributed by atoms with Gasteiger partial charge in [0.15, 0.2) is 0 Å². The topological polar surface area (TPSA) is 90.2 Å².